The van der Waals surface area contributed by atoms with E-state index in [0.717, 1.165) is 40.6 Å². The lowest BCUT2D eigenvalue weighted by Crippen LogP contribution is -2.52. The van der Waals surface area contributed by atoms with Gasteiger partial charge in [0.2, 0.25) is 5.91 Å². The summed E-state index contributed by atoms with van der Waals surface area (Å²) in [6.07, 6.45) is 6.28. The first-order valence-corrected chi connectivity index (χ1v) is 14.8. The van der Waals surface area contributed by atoms with Gasteiger partial charge in [-0.25, -0.2) is 13.4 Å². The number of para-hydroxylation sites is 1. The van der Waals surface area contributed by atoms with Crippen LogP contribution in [0.15, 0.2) is 64.4 Å². The van der Waals surface area contributed by atoms with E-state index in [-0.39, 0.29) is 16.7 Å². The predicted octanol–water partition coefficient (Wildman–Crippen LogP) is 5.09. The fourth-order valence-corrected chi connectivity index (χ4v) is 8.24. The maximum Gasteiger partial charge on any atom is 0.253 e. The average molecular weight is 527 g/mol. The van der Waals surface area contributed by atoms with E-state index in [1.165, 1.54) is 27.0 Å². The summed E-state index contributed by atoms with van der Waals surface area (Å²) in [5, 5.41) is 2.32. The van der Waals surface area contributed by atoms with Gasteiger partial charge in [0.1, 0.15) is 10.3 Å². The molecule has 0 N–H and O–H groups in total. The number of carbonyl (C=O) groups excluding carboxylic acids is 1. The Bertz CT molecular complexity index is 1420. The normalized spacial score (nSPS) is 17.0. The van der Waals surface area contributed by atoms with Crippen LogP contribution in [0, 0.1) is 0 Å². The molecule has 1 unspecified atom stereocenters. The van der Waals surface area contributed by atoms with Crippen LogP contribution in [0.5, 0.6) is 0 Å². The highest BCUT2D eigenvalue weighted by atomic mass is 32.2. The van der Waals surface area contributed by atoms with Gasteiger partial charge in [0, 0.05) is 18.9 Å². The van der Waals surface area contributed by atoms with Crippen LogP contribution < -0.4 is 4.90 Å². The second-order valence-corrected chi connectivity index (χ2v) is 12.5. The first-order valence-electron chi connectivity index (χ1n) is 11.6. The quantitative estimate of drug-likeness (QED) is 0.335. The third kappa shape index (κ3) is 4.75. The van der Waals surface area contributed by atoms with E-state index in [0.29, 0.717) is 18.1 Å². The number of aryl methyl sites for hydroxylation is 1. The molecule has 0 radical (unpaired) electrons. The number of piperidine rings is 1. The van der Waals surface area contributed by atoms with Crippen molar-refractivity contribution >= 4 is 54.0 Å². The summed E-state index contributed by atoms with van der Waals surface area (Å²) >= 11 is 2.64. The van der Waals surface area contributed by atoms with E-state index < -0.39 is 16.1 Å². The van der Waals surface area contributed by atoms with Gasteiger partial charge in [0.25, 0.3) is 10.0 Å². The molecular formula is C25H26N4O3S3. The largest absolute Gasteiger partial charge is 0.282 e. The summed E-state index contributed by atoms with van der Waals surface area (Å²) in [6.45, 7) is 2.69. The number of nitrogens with zero attached hydrogens (tertiary/aromatic N) is 4. The van der Waals surface area contributed by atoms with Crippen molar-refractivity contribution in [2.24, 2.45) is 0 Å². The number of thiophene rings is 1. The maximum absolute atomic E-state index is 14.1. The third-order valence-electron chi connectivity index (χ3n) is 6.23. The van der Waals surface area contributed by atoms with Crippen LogP contribution >= 0.6 is 22.7 Å². The molecule has 1 aliphatic heterocycles. The van der Waals surface area contributed by atoms with E-state index >= 15 is 0 Å². The molecule has 0 saturated carbocycles. The van der Waals surface area contributed by atoms with Gasteiger partial charge in [-0.3, -0.25) is 14.7 Å². The van der Waals surface area contributed by atoms with E-state index in [2.05, 4.69) is 18.0 Å². The van der Waals surface area contributed by atoms with Gasteiger partial charge in [0.05, 0.1) is 16.8 Å². The molecule has 35 heavy (non-hydrogen) atoms. The second kappa shape index (κ2) is 10.1. The maximum atomic E-state index is 14.1. The second-order valence-electron chi connectivity index (χ2n) is 8.46. The summed E-state index contributed by atoms with van der Waals surface area (Å²) in [5.41, 5.74) is 2.88. The molecule has 5 rings (SSSR count). The van der Waals surface area contributed by atoms with Crippen LogP contribution in [0.2, 0.25) is 0 Å². The molecule has 1 fully saturated rings. The van der Waals surface area contributed by atoms with Crippen molar-refractivity contribution in [2.75, 3.05) is 11.4 Å². The minimum Gasteiger partial charge on any atom is -0.282 e. The van der Waals surface area contributed by atoms with Crippen molar-refractivity contribution < 1.29 is 13.2 Å². The first kappa shape index (κ1) is 24.1. The Hall–Kier alpha value is -2.66. The summed E-state index contributed by atoms with van der Waals surface area (Å²) in [4.78, 5) is 24.8. The van der Waals surface area contributed by atoms with Gasteiger partial charge in [-0.05, 0) is 54.0 Å². The molecule has 1 aliphatic rings. The molecule has 4 aromatic rings. The number of anilines is 1. The highest BCUT2D eigenvalue weighted by Gasteiger charge is 2.40. The molecule has 0 aliphatic carbocycles. The number of pyridine rings is 1. The van der Waals surface area contributed by atoms with E-state index in [4.69, 9.17) is 4.98 Å². The van der Waals surface area contributed by atoms with Crippen LogP contribution in [-0.2, 0) is 27.8 Å². The molecule has 7 nitrogen and oxygen atoms in total. The number of hydrogen-bond donors (Lipinski definition) is 0. The number of carbonyl (C=O) groups is 1. The zero-order valence-electron chi connectivity index (χ0n) is 19.3. The Balaban J connectivity index is 1.56. The molecule has 1 aromatic carbocycles. The summed E-state index contributed by atoms with van der Waals surface area (Å²) < 4.78 is 29.6. The molecule has 1 atom stereocenters. The van der Waals surface area contributed by atoms with E-state index in [1.54, 1.807) is 34.8 Å². The number of sulfonamides is 1. The molecule has 10 heteroatoms. The van der Waals surface area contributed by atoms with Crippen molar-refractivity contribution in [1.29, 1.82) is 0 Å². The Morgan fingerprint density at radius 3 is 2.80 bits per heavy atom. The van der Waals surface area contributed by atoms with Crippen LogP contribution in [-0.4, -0.2) is 41.2 Å². The van der Waals surface area contributed by atoms with Gasteiger partial charge in [-0.15, -0.1) is 11.3 Å². The fraction of sp³-hybridized carbons (Fsp3) is 0.320. The zero-order valence-corrected chi connectivity index (χ0v) is 21.8. The lowest BCUT2D eigenvalue weighted by atomic mass is 10.0. The molecule has 182 valence electrons. The summed E-state index contributed by atoms with van der Waals surface area (Å²) in [5.74, 6) is -0.245. The Morgan fingerprint density at radius 2 is 2.06 bits per heavy atom. The third-order valence-corrected chi connectivity index (χ3v) is 10.6. The topological polar surface area (TPSA) is 83.5 Å². The lowest BCUT2D eigenvalue weighted by molar-refractivity contribution is -0.123. The smallest absolute Gasteiger partial charge is 0.253 e. The average Bonchev–Trinajstić information content (AvgIpc) is 3.58. The predicted molar refractivity (Wildman–Crippen MR) is 140 cm³/mol. The highest BCUT2D eigenvalue weighted by Crippen LogP contribution is 2.35. The van der Waals surface area contributed by atoms with Crippen molar-refractivity contribution in [3.63, 3.8) is 0 Å². The minimum absolute atomic E-state index is 0.245. The molecule has 3 aromatic heterocycles. The summed E-state index contributed by atoms with van der Waals surface area (Å²) in [6, 6.07) is 12.4. The zero-order chi connectivity index (χ0) is 24.4. The SMILES string of the molecule is CCc1cccc2sc(N(Cc3cccnc3)C(=O)C3CCCCN3S(=O)(=O)c3cccs3)nc12. The standard InChI is InChI=1S/C25H26N4O3S3/c1-2-19-9-5-11-21-23(19)27-25(34-21)28(17-18-8-6-13-26-16-18)24(30)20-10-3-4-14-29(20)35(31,32)22-12-7-15-33-22/h5-9,11-13,15-16,20H,2-4,10,14,17H2,1H3. The van der Waals surface area contributed by atoms with Crippen molar-refractivity contribution in [3.05, 3.63) is 71.4 Å². The van der Waals surface area contributed by atoms with Gasteiger partial charge in [-0.2, -0.15) is 4.31 Å². The molecule has 1 saturated heterocycles. The van der Waals surface area contributed by atoms with E-state index in [9.17, 15) is 13.2 Å². The van der Waals surface area contributed by atoms with Gasteiger partial charge in [-0.1, -0.05) is 48.9 Å². The van der Waals surface area contributed by atoms with Crippen molar-refractivity contribution in [2.45, 2.75) is 49.4 Å². The van der Waals surface area contributed by atoms with Gasteiger partial charge < -0.3 is 0 Å². The first-order chi connectivity index (χ1) is 17.0. The van der Waals surface area contributed by atoms with Gasteiger partial charge in [0.15, 0.2) is 5.13 Å². The number of fused-ring (bicyclic) bond motifs is 1. The van der Waals surface area contributed by atoms with Gasteiger partial charge >= 0.3 is 0 Å². The van der Waals surface area contributed by atoms with Crippen molar-refractivity contribution in [3.8, 4) is 0 Å². The van der Waals surface area contributed by atoms with Crippen LogP contribution in [0.25, 0.3) is 10.2 Å². The molecule has 1 amide bonds. The lowest BCUT2D eigenvalue weighted by Gasteiger charge is -2.35. The molecule has 0 bridgehead atoms. The highest BCUT2D eigenvalue weighted by molar-refractivity contribution is 7.91. The Kier molecular flexibility index (Phi) is 6.97. The Labute approximate surface area is 213 Å². The number of amides is 1. The monoisotopic (exact) mass is 526 g/mol. The summed E-state index contributed by atoms with van der Waals surface area (Å²) in [7, 11) is -3.76. The number of aromatic nitrogens is 2. The number of benzene rings is 1. The van der Waals surface area contributed by atoms with Crippen molar-refractivity contribution in [1.82, 2.24) is 14.3 Å². The number of rotatable bonds is 7. The number of hydrogen-bond acceptors (Lipinski definition) is 7. The minimum atomic E-state index is -3.76. The van der Waals surface area contributed by atoms with E-state index in [1.807, 2.05) is 24.3 Å². The Morgan fingerprint density at radius 1 is 1.17 bits per heavy atom. The molecule has 0 spiro atoms. The van der Waals surface area contributed by atoms with Crippen LogP contribution in [0.3, 0.4) is 0 Å². The van der Waals surface area contributed by atoms with Crippen LogP contribution in [0.4, 0.5) is 5.13 Å². The molecule has 4 heterocycles. The number of thiazole rings is 1. The van der Waals surface area contributed by atoms with Crippen LogP contribution in [0.1, 0.15) is 37.3 Å². The fourth-order valence-electron chi connectivity index (χ4n) is 4.45. The molecular weight excluding hydrogens is 501 g/mol.